The maximum atomic E-state index is 12.9. The SMILES string of the molecule is CCOC(=O)c1c(NC(=O)c2ccn(Cn3nc(C)c([N+](=O)[O-])c3C)n2)sc2c1CCCC2. The van der Waals surface area contributed by atoms with Crippen LogP contribution in [0.15, 0.2) is 12.3 Å². The molecule has 0 radical (unpaired) electrons. The lowest BCUT2D eigenvalue weighted by atomic mass is 9.95. The Balaban J connectivity index is 1.54. The second kappa shape index (κ2) is 9.14. The highest BCUT2D eigenvalue weighted by molar-refractivity contribution is 7.17. The first-order valence-corrected chi connectivity index (χ1v) is 11.5. The van der Waals surface area contributed by atoms with Crippen LogP contribution in [0.25, 0.3) is 0 Å². The van der Waals surface area contributed by atoms with Gasteiger partial charge in [-0.25, -0.2) is 9.48 Å². The lowest BCUT2D eigenvalue weighted by Crippen LogP contribution is -2.17. The molecule has 4 rings (SSSR count). The van der Waals surface area contributed by atoms with E-state index < -0.39 is 16.8 Å². The van der Waals surface area contributed by atoms with Gasteiger partial charge in [-0.3, -0.25) is 19.6 Å². The lowest BCUT2D eigenvalue weighted by molar-refractivity contribution is -0.386. The molecule has 174 valence electrons. The summed E-state index contributed by atoms with van der Waals surface area (Å²) in [6.45, 7) is 5.32. The predicted octanol–water partition coefficient (Wildman–Crippen LogP) is 3.48. The van der Waals surface area contributed by atoms with E-state index in [1.165, 1.54) is 20.7 Å². The minimum absolute atomic E-state index is 0.0340. The smallest absolute Gasteiger partial charge is 0.341 e. The first-order chi connectivity index (χ1) is 15.8. The molecule has 0 spiro atoms. The molecular formula is C21H24N6O5S. The predicted molar refractivity (Wildman–Crippen MR) is 121 cm³/mol. The Morgan fingerprint density at radius 2 is 2.03 bits per heavy atom. The molecule has 12 heteroatoms. The Bertz CT molecular complexity index is 1240. The minimum atomic E-state index is -0.460. The van der Waals surface area contributed by atoms with Crippen LogP contribution in [-0.4, -0.2) is 43.0 Å². The molecule has 3 aromatic rings. The van der Waals surface area contributed by atoms with Crippen LogP contribution in [0.2, 0.25) is 0 Å². The number of hydrogen-bond donors (Lipinski definition) is 1. The number of carbonyl (C=O) groups is 2. The fourth-order valence-corrected chi connectivity index (χ4v) is 5.30. The molecule has 3 aromatic heterocycles. The van der Waals surface area contributed by atoms with Gasteiger partial charge in [-0.1, -0.05) is 0 Å². The van der Waals surface area contributed by atoms with Crippen molar-refractivity contribution in [3.63, 3.8) is 0 Å². The van der Waals surface area contributed by atoms with Crippen LogP contribution in [0.3, 0.4) is 0 Å². The molecule has 0 aliphatic heterocycles. The summed E-state index contributed by atoms with van der Waals surface area (Å²) in [4.78, 5) is 37.3. The number of esters is 1. The van der Waals surface area contributed by atoms with Crippen molar-refractivity contribution < 1.29 is 19.2 Å². The van der Waals surface area contributed by atoms with E-state index >= 15 is 0 Å². The van der Waals surface area contributed by atoms with Crippen molar-refractivity contribution in [3.8, 4) is 0 Å². The molecule has 33 heavy (non-hydrogen) atoms. The molecule has 0 fully saturated rings. The Hall–Kier alpha value is -3.54. The van der Waals surface area contributed by atoms with Crippen molar-refractivity contribution in [3.05, 3.63) is 55.5 Å². The first-order valence-electron chi connectivity index (χ1n) is 10.6. The fraction of sp³-hybridized carbons (Fsp3) is 0.429. The number of thiophene rings is 1. The summed E-state index contributed by atoms with van der Waals surface area (Å²) in [5, 5.41) is 23.0. The summed E-state index contributed by atoms with van der Waals surface area (Å²) < 4.78 is 8.17. The number of nitro groups is 1. The van der Waals surface area contributed by atoms with Crippen LogP contribution in [0.5, 0.6) is 0 Å². The topological polar surface area (TPSA) is 134 Å². The van der Waals surface area contributed by atoms with E-state index in [-0.39, 0.29) is 24.7 Å². The van der Waals surface area contributed by atoms with Crippen LogP contribution in [0.1, 0.15) is 62.4 Å². The van der Waals surface area contributed by atoms with Gasteiger partial charge in [0.25, 0.3) is 5.91 Å². The third kappa shape index (κ3) is 4.38. The molecular weight excluding hydrogens is 448 g/mol. The van der Waals surface area contributed by atoms with E-state index in [0.29, 0.717) is 22.0 Å². The Morgan fingerprint density at radius 3 is 2.73 bits per heavy atom. The number of anilines is 1. The summed E-state index contributed by atoms with van der Waals surface area (Å²) in [6.07, 6.45) is 5.32. The average Bonchev–Trinajstić information content (AvgIpc) is 3.44. The van der Waals surface area contributed by atoms with Gasteiger partial charge in [0.2, 0.25) is 0 Å². The summed E-state index contributed by atoms with van der Waals surface area (Å²) in [5.74, 6) is -0.874. The summed E-state index contributed by atoms with van der Waals surface area (Å²) in [6, 6.07) is 1.55. The fourth-order valence-electron chi connectivity index (χ4n) is 4.03. The van der Waals surface area contributed by atoms with Crippen LogP contribution in [-0.2, 0) is 24.2 Å². The van der Waals surface area contributed by atoms with Crippen LogP contribution in [0, 0.1) is 24.0 Å². The number of carbonyl (C=O) groups excluding carboxylic acids is 2. The summed E-state index contributed by atoms with van der Waals surface area (Å²) >= 11 is 1.41. The van der Waals surface area contributed by atoms with Gasteiger partial charge in [-0.15, -0.1) is 11.3 Å². The number of hydrogen-bond acceptors (Lipinski definition) is 8. The number of nitrogens with zero attached hydrogens (tertiary/aromatic N) is 5. The number of aromatic nitrogens is 4. The third-order valence-corrected chi connectivity index (χ3v) is 6.76. The van der Waals surface area contributed by atoms with Gasteiger partial charge in [0.1, 0.15) is 23.1 Å². The van der Waals surface area contributed by atoms with Crippen molar-refractivity contribution in [1.82, 2.24) is 19.6 Å². The molecule has 1 aliphatic rings. The number of rotatable bonds is 7. The standard InChI is InChI=1S/C21H24N6O5S/c1-4-32-21(29)17-14-7-5-6-8-16(14)33-20(17)22-19(28)15-9-10-25(24-15)11-26-13(3)18(27(30)31)12(2)23-26/h9-10H,4-8,11H2,1-3H3,(H,22,28). The van der Waals surface area contributed by atoms with Crippen LogP contribution in [0.4, 0.5) is 10.7 Å². The zero-order valence-corrected chi connectivity index (χ0v) is 19.4. The molecule has 1 N–H and O–H groups in total. The maximum Gasteiger partial charge on any atom is 0.341 e. The van der Waals surface area contributed by atoms with Gasteiger partial charge in [0, 0.05) is 11.1 Å². The highest BCUT2D eigenvalue weighted by Gasteiger charge is 2.28. The molecule has 11 nitrogen and oxygen atoms in total. The molecule has 1 aliphatic carbocycles. The number of ether oxygens (including phenoxy) is 1. The van der Waals surface area contributed by atoms with Gasteiger partial charge < -0.3 is 10.1 Å². The van der Waals surface area contributed by atoms with Crippen molar-refractivity contribution in [2.75, 3.05) is 11.9 Å². The van der Waals surface area contributed by atoms with Crippen molar-refractivity contribution in [2.45, 2.75) is 53.1 Å². The molecule has 3 heterocycles. The van der Waals surface area contributed by atoms with Gasteiger partial charge in [-0.2, -0.15) is 10.2 Å². The molecule has 0 unspecified atom stereocenters. The maximum absolute atomic E-state index is 12.9. The number of fused-ring (bicyclic) bond motifs is 1. The highest BCUT2D eigenvalue weighted by Crippen LogP contribution is 2.38. The van der Waals surface area contributed by atoms with Crippen LogP contribution >= 0.6 is 11.3 Å². The largest absolute Gasteiger partial charge is 0.462 e. The highest BCUT2D eigenvalue weighted by atomic mass is 32.1. The van der Waals surface area contributed by atoms with E-state index in [2.05, 4.69) is 15.5 Å². The van der Waals surface area contributed by atoms with E-state index in [9.17, 15) is 19.7 Å². The van der Waals surface area contributed by atoms with Gasteiger partial charge in [-0.05, 0) is 58.1 Å². The lowest BCUT2D eigenvalue weighted by Gasteiger charge is -2.12. The van der Waals surface area contributed by atoms with Gasteiger partial charge in [0.05, 0.1) is 17.1 Å². The molecule has 0 saturated carbocycles. The van der Waals surface area contributed by atoms with E-state index in [1.54, 1.807) is 33.0 Å². The van der Waals surface area contributed by atoms with E-state index in [4.69, 9.17) is 4.74 Å². The average molecular weight is 473 g/mol. The molecule has 0 bridgehead atoms. The normalized spacial score (nSPS) is 12.9. The first kappa shape index (κ1) is 22.6. The number of nitrogens with one attached hydrogen (secondary N) is 1. The van der Waals surface area contributed by atoms with Crippen LogP contribution < -0.4 is 5.32 Å². The monoisotopic (exact) mass is 472 g/mol. The van der Waals surface area contributed by atoms with Crippen molar-refractivity contribution in [2.24, 2.45) is 0 Å². The van der Waals surface area contributed by atoms with E-state index in [1.807, 2.05) is 0 Å². The quantitative estimate of drug-likeness (QED) is 0.316. The number of aryl methyl sites for hydroxylation is 2. The third-order valence-electron chi connectivity index (χ3n) is 5.56. The zero-order chi connectivity index (χ0) is 23.7. The summed E-state index contributed by atoms with van der Waals surface area (Å²) in [5.41, 5.74) is 2.26. The second-order valence-corrected chi connectivity index (χ2v) is 8.85. The summed E-state index contributed by atoms with van der Waals surface area (Å²) in [7, 11) is 0. The van der Waals surface area contributed by atoms with Gasteiger partial charge >= 0.3 is 11.7 Å². The molecule has 0 saturated heterocycles. The Labute approximate surface area is 193 Å². The minimum Gasteiger partial charge on any atom is -0.462 e. The van der Waals surface area contributed by atoms with Gasteiger partial charge in [0.15, 0.2) is 5.69 Å². The van der Waals surface area contributed by atoms with Crippen molar-refractivity contribution >= 4 is 33.9 Å². The van der Waals surface area contributed by atoms with Crippen molar-refractivity contribution in [1.29, 1.82) is 0 Å². The molecule has 0 atom stereocenters. The molecule has 0 aromatic carbocycles. The molecule has 1 amide bonds. The second-order valence-electron chi connectivity index (χ2n) is 7.75. The Kier molecular flexibility index (Phi) is 6.27. The number of amides is 1. The van der Waals surface area contributed by atoms with E-state index in [0.717, 1.165) is 36.1 Å². The Morgan fingerprint density at radius 1 is 1.27 bits per heavy atom. The zero-order valence-electron chi connectivity index (χ0n) is 18.6.